The highest BCUT2D eigenvalue weighted by molar-refractivity contribution is 14.0. The van der Waals surface area contributed by atoms with Gasteiger partial charge in [0, 0.05) is 41.9 Å². The summed E-state index contributed by atoms with van der Waals surface area (Å²) < 4.78 is 6.04. The molecule has 4 unspecified atom stereocenters. The lowest BCUT2D eigenvalue weighted by atomic mass is 9.46. The van der Waals surface area contributed by atoms with E-state index in [2.05, 4.69) is 42.0 Å². The van der Waals surface area contributed by atoms with E-state index in [-0.39, 0.29) is 24.0 Å². The van der Waals surface area contributed by atoms with Crippen LogP contribution in [0.25, 0.3) is 0 Å². The van der Waals surface area contributed by atoms with Crippen LogP contribution in [0, 0.1) is 17.3 Å². The van der Waals surface area contributed by atoms with Crippen molar-refractivity contribution in [3.8, 4) is 0 Å². The molecule has 1 aromatic rings. The van der Waals surface area contributed by atoms with E-state index in [1.807, 2.05) is 11.3 Å². The normalized spacial score (nSPS) is 29.9. The Morgan fingerprint density at radius 1 is 1.46 bits per heavy atom. The van der Waals surface area contributed by atoms with Crippen molar-refractivity contribution in [3.63, 3.8) is 0 Å². The summed E-state index contributed by atoms with van der Waals surface area (Å²) in [6.45, 7) is 7.17. The van der Waals surface area contributed by atoms with Gasteiger partial charge in [0.25, 0.3) is 0 Å². The first-order valence-electron chi connectivity index (χ1n) is 9.92. The molecular weight excluding hydrogens is 457 g/mol. The summed E-state index contributed by atoms with van der Waals surface area (Å²) in [5, 5.41) is 9.42. The SMILES string of the molecule is CCNC(=NCC(C)Cc1cccs1)NC1C2CCOC2C12CCC2.I. The van der Waals surface area contributed by atoms with Crippen molar-refractivity contribution < 1.29 is 4.74 Å². The van der Waals surface area contributed by atoms with Crippen molar-refractivity contribution in [1.29, 1.82) is 0 Å². The van der Waals surface area contributed by atoms with Gasteiger partial charge in [0.2, 0.25) is 0 Å². The number of hydrogen-bond donors (Lipinski definition) is 2. The lowest BCUT2D eigenvalue weighted by molar-refractivity contribution is -0.171. The standard InChI is InChI=1S/C20H31N3OS.HI/c1-3-21-19(22-13-14(2)12-15-6-4-11-25-15)23-17-16-7-10-24-18(16)20(17)8-5-9-20;/h4,6,11,14,16-18H,3,5,7-10,12-13H2,1-2H3,(H2,21,22,23);1H. The Kier molecular flexibility index (Phi) is 6.88. The van der Waals surface area contributed by atoms with E-state index in [4.69, 9.17) is 9.73 Å². The Bertz CT molecular complexity index is 602. The van der Waals surface area contributed by atoms with Gasteiger partial charge >= 0.3 is 0 Å². The highest BCUT2D eigenvalue weighted by Gasteiger charge is 2.66. The van der Waals surface area contributed by atoms with E-state index in [9.17, 15) is 0 Å². The number of thiophene rings is 1. The third-order valence-corrected chi connectivity index (χ3v) is 7.26. The molecule has 0 radical (unpaired) electrons. The Morgan fingerprint density at radius 2 is 2.31 bits per heavy atom. The average Bonchev–Trinajstić information content (AvgIpc) is 3.19. The maximum Gasteiger partial charge on any atom is 0.191 e. The van der Waals surface area contributed by atoms with Crippen LogP contribution >= 0.6 is 35.3 Å². The number of fused-ring (bicyclic) bond motifs is 2. The quantitative estimate of drug-likeness (QED) is 0.360. The summed E-state index contributed by atoms with van der Waals surface area (Å²) in [6, 6.07) is 4.92. The van der Waals surface area contributed by atoms with Gasteiger partial charge in [-0.05, 0) is 50.0 Å². The average molecular weight is 489 g/mol. The van der Waals surface area contributed by atoms with Gasteiger partial charge in [-0.1, -0.05) is 19.4 Å². The molecule has 6 heteroatoms. The smallest absolute Gasteiger partial charge is 0.191 e. The second kappa shape index (κ2) is 8.78. The van der Waals surface area contributed by atoms with E-state index in [0.29, 0.717) is 29.4 Å². The molecule has 4 rings (SSSR count). The van der Waals surface area contributed by atoms with Crippen molar-refractivity contribution in [2.24, 2.45) is 22.2 Å². The highest BCUT2D eigenvalue weighted by Crippen LogP contribution is 2.62. The van der Waals surface area contributed by atoms with Crippen LogP contribution in [0.1, 0.15) is 44.4 Å². The van der Waals surface area contributed by atoms with Crippen LogP contribution in [-0.2, 0) is 11.2 Å². The highest BCUT2D eigenvalue weighted by atomic mass is 127. The van der Waals surface area contributed by atoms with Gasteiger partial charge in [0.1, 0.15) is 0 Å². The first kappa shape index (κ1) is 20.4. The molecule has 1 saturated heterocycles. The number of hydrogen-bond acceptors (Lipinski definition) is 3. The minimum atomic E-state index is 0. The molecule has 3 fully saturated rings. The van der Waals surface area contributed by atoms with Gasteiger partial charge in [-0.2, -0.15) is 0 Å². The molecule has 0 amide bonds. The van der Waals surface area contributed by atoms with Crippen LogP contribution in [0.3, 0.4) is 0 Å². The van der Waals surface area contributed by atoms with Crippen molar-refractivity contribution in [3.05, 3.63) is 22.4 Å². The van der Waals surface area contributed by atoms with Gasteiger partial charge in [0.05, 0.1) is 6.10 Å². The lowest BCUT2D eigenvalue weighted by Gasteiger charge is -2.63. The van der Waals surface area contributed by atoms with Crippen LogP contribution in [0.2, 0.25) is 0 Å². The van der Waals surface area contributed by atoms with Crippen molar-refractivity contribution >= 4 is 41.3 Å². The number of nitrogens with one attached hydrogen (secondary N) is 2. The number of ether oxygens (including phenoxy) is 1. The van der Waals surface area contributed by atoms with E-state index >= 15 is 0 Å². The van der Waals surface area contributed by atoms with Crippen LogP contribution < -0.4 is 10.6 Å². The van der Waals surface area contributed by atoms with Gasteiger partial charge in [-0.25, -0.2) is 0 Å². The van der Waals surface area contributed by atoms with Crippen LogP contribution in [-0.4, -0.2) is 37.8 Å². The van der Waals surface area contributed by atoms with Crippen molar-refractivity contribution in [1.82, 2.24) is 10.6 Å². The molecule has 3 aliphatic rings. The minimum absolute atomic E-state index is 0. The van der Waals surface area contributed by atoms with Crippen LogP contribution in [0.5, 0.6) is 0 Å². The summed E-state index contributed by atoms with van der Waals surface area (Å²) in [7, 11) is 0. The van der Waals surface area contributed by atoms with Gasteiger partial charge in [-0.15, -0.1) is 35.3 Å². The third-order valence-electron chi connectivity index (χ3n) is 6.36. The topological polar surface area (TPSA) is 45.7 Å². The fourth-order valence-electron chi connectivity index (χ4n) is 5.01. The van der Waals surface area contributed by atoms with Crippen molar-refractivity contribution in [2.45, 2.75) is 58.1 Å². The van der Waals surface area contributed by atoms with Crippen molar-refractivity contribution in [2.75, 3.05) is 19.7 Å². The molecule has 1 aromatic heterocycles. The first-order chi connectivity index (χ1) is 12.2. The zero-order valence-corrected chi connectivity index (χ0v) is 19.0. The summed E-state index contributed by atoms with van der Waals surface area (Å²) in [6.07, 6.45) is 6.83. The molecule has 2 saturated carbocycles. The summed E-state index contributed by atoms with van der Waals surface area (Å²) in [5.74, 6) is 2.26. The lowest BCUT2D eigenvalue weighted by Crippen LogP contribution is -2.72. The molecular formula is C20H32IN3OS. The zero-order chi connectivity index (χ0) is 17.3. The summed E-state index contributed by atoms with van der Waals surface area (Å²) in [5.41, 5.74) is 0.403. The fraction of sp³-hybridized carbons (Fsp3) is 0.750. The number of aliphatic imine (C=N–C) groups is 1. The molecule has 2 heterocycles. The maximum absolute atomic E-state index is 6.04. The summed E-state index contributed by atoms with van der Waals surface area (Å²) in [4.78, 5) is 6.37. The monoisotopic (exact) mass is 489 g/mol. The number of nitrogens with zero attached hydrogens (tertiary/aromatic N) is 1. The van der Waals surface area contributed by atoms with E-state index < -0.39 is 0 Å². The molecule has 2 aliphatic carbocycles. The number of rotatable bonds is 6. The Balaban J connectivity index is 0.00000196. The molecule has 1 aliphatic heterocycles. The first-order valence-corrected chi connectivity index (χ1v) is 10.8. The predicted octanol–water partition coefficient (Wildman–Crippen LogP) is 4.06. The maximum atomic E-state index is 6.04. The van der Waals surface area contributed by atoms with E-state index in [1.165, 1.54) is 30.6 Å². The van der Waals surface area contributed by atoms with E-state index in [1.54, 1.807) is 0 Å². The van der Waals surface area contributed by atoms with Crippen LogP contribution in [0.15, 0.2) is 22.5 Å². The second-order valence-corrected chi connectivity index (χ2v) is 9.09. The van der Waals surface area contributed by atoms with E-state index in [0.717, 1.165) is 32.1 Å². The molecule has 0 bridgehead atoms. The molecule has 4 atom stereocenters. The Labute approximate surface area is 178 Å². The number of halogens is 1. The molecule has 26 heavy (non-hydrogen) atoms. The third kappa shape index (κ3) is 3.78. The molecule has 4 nitrogen and oxygen atoms in total. The molecule has 1 spiro atoms. The van der Waals surface area contributed by atoms with Gasteiger partial charge in [-0.3, -0.25) is 4.99 Å². The predicted molar refractivity (Wildman–Crippen MR) is 120 cm³/mol. The second-order valence-electron chi connectivity index (χ2n) is 8.06. The largest absolute Gasteiger partial charge is 0.377 e. The molecule has 0 aromatic carbocycles. The van der Waals surface area contributed by atoms with Gasteiger partial charge in [0.15, 0.2) is 5.96 Å². The number of guanidine groups is 1. The Morgan fingerprint density at radius 3 is 2.96 bits per heavy atom. The molecule has 146 valence electrons. The zero-order valence-electron chi connectivity index (χ0n) is 15.9. The van der Waals surface area contributed by atoms with Crippen LogP contribution in [0.4, 0.5) is 0 Å². The Hall–Kier alpha value is -0.340. The summed E-state index contributed by atoms with van der Waals surface area (Å²) >= 11 is 1.85. The molecule has 2 N–H and O–H groups in total. The minimum Gasteiger partial charge on any atom is -0.377 e. The van der Waals surface area contributed by atoms with Gasteiger partial charge < -0.3 is 15.4 Å². The fourth-order valence-corrected chi connectivity index (χ4v) is 5.88.